The molecule has 0 aliphatic carbocycles. The summed E-state index contributed by atoms with van der Waals surface area (Å²) in [5.41, 5.74) is 2.72. The molecule has 6 heteroatoms. The highest BCUT2D eigenvalue weighted by atomic mass is 16.5. The molecule has 1 N–H and O–H groups in total. The summed E-state index contributed by atoms with van der Waals surface area (Å²) in [4.78, 5) is 13.3. The summed E-state index contributed by atoms with van der Waals surface area (Å²) in [7, 11) is 1.50. The van der Waals surface area contributed by atoms with Gasteiger partial charge in [-0.05, 0) is 24.3 Å². The van der Waals surface area contributed by atoms with Crippen molar-refractivity contribution in [1.82, 2.24) is 15.0 Å². The number of phenols is 1. The predicted molar refractivity (Wildman–Crippen MR) is 106 cm³/mol. The predicted octanol–water partition coefficient (Wildman–Crippen LogP) is 4.82. The Morgan fingerprint density at radius 1 is 0.750 bits per heavy atom. The summed E-state index contributed by atoms with van der Waals surface area (Å²) < 4.78 is 11.4. The Bertz CT molecular complexity index is 1330. The van der Waals surface area contributed by atoms with E-state index in [0.29, 0.717) is 22.8 Å². The number of aromatic hydroxyl groups is 1. The summed E-state index contributed by atoms with van der Waals surface area (Å²) in [6, 6.07) is 20.8. The monoisotopic (exact) mass is 369 g/mol. The Morgan fingerprint density at radius 3 is 2.25 bits per heavy atom. The van der Waals surface area contributed by atoms with E-state index in [4.69, 9.17) is 9.15 Å². The fourth-order valence-corrected chi connectivity index (χ4v) is 3.27. The molecule has 0 bridgehead atoms. The van der Waals surface area contributed by atoms with Crippen molar-refractivity contribution in [1.29, 1.82) is 0 Å². The van der Waals surface area contributed by atoms with Gasteiger partial charge in [0.1, 0.15) is 16.9 Å². The molecule has 0 saturated carbocycles. The van der Waals surface area contributed by atoms with Gasteiger partial charge in [-0.2, -0.15) is 9.97 Å². The van der Waals surface area contributed by atoms with E-state index < -0.39 is 0 Å². The van der Waals surface area contributed by atoms with E-state index in [1.807, 2.05) is 48.5 Å². The van der Waals surface area contributed by atoms with Crippen molar-refractivity contribution < 1.29 is 14.3 Å². The maximum Gasteiger partial charge on any atom is 0.320 e. The molecule has 5 aromatic rings. The van der Waals surface area contributed by atoms with Crippen LogP contribution in [-0.2, 0) is 0 Å². The second-order valence-electron chi connectivity index (χ2n) is 6.27. The van der Waals surface area contributed by atoms with Gasteiger partial charge >= 0.3 is 6.01 Å². The second kappa shape index (κ2) is 6.35. The van der Waals surface area contributed by atoms with Crippen LogP contribution in [0.3, 0.4) is 0 Å². The number of nitrogens with zero attached hydrogens (tertiary/aromatic N) is 3. The Labute approximate surface area is 160 Å². The summed E-state index contributed by atoms with van der Waals surface area (Å²) in [5, 5.41) is 12.2. The number of phenolic OH excluding ortho intramolecular Hbond substituents is 1. The average molecular weight is 369 g/mol. The summed E-state index contributed by atoms with van der Waals surface area (Å²) in [5.74, 6) is 0.825. The second-order valence-corrected chi connectivity index (χ2v) is 6.27. The quantitative estimate of drug-likeness (QED) is 0.491. The number of hydrogen-bond donors (Lipinski definition) is 1. The molecular weight excluding hydrogens is 354 g/mol. The first kappa shape index (κ1) is 16.3. The highest BCUT2D eigenvalue weighted by Crippen LogP contribution is 2.35. The Balaban J connectivity index is 1.78. The van der Waals surface area contributed by atoms with E-state index in [0.717, 1.165) is 21.9 Å². The molecule has 6 nitrogen and oxygen atoms in total. The van der Waals surface area contributed by atoms with Crippen molar-refractivity contribution in [3.8, 4) is 34.5 Å². The largest absolute Gasteiger partial charge is 0.507 e. The molecule has 136 valence electrons. The van der Waals surface area contributed by atoms with Crippen molar-refractivity contribution in [2.45, 2.75) is 0 Å². The lowest BCUT2D eigenvalue weighted by molar-refractivity contribution is 0.379. The fraction of sp³-hybridized carbons (Fsp3) is 0.0455. The summed E-state index contributed by atoms with van der Waals surface area (Å²) in [6.07, 6.45) is 0. The highest BCUT2D eigenvalue weighted by Gasteiger charge is 2.17. The van der Waals surface area contributed by atoms with Crippen LogP contribution in [0.25, 0.3) is 44.7 Å². The lowest BCUT2D eigenvalue weighted by Gasteiger charge is -2.08. The molecule has 0 fully saturated rings. The van der Waals surface area contributed by atoms with Crippen molar-refractivity contribution in [2.24, 2.45) is 0 Å². The molecule has 3 aromatic carbocycles. The Hall–Kier alpha value is -3.93. The van der Waals surface area contributed by atoms with Crippen LogP contribution in [0.2, 0.25) is 0 Å². The molecule has 28 heavy (non-hydrogen) atoms. The van der Waals surface area contributed by atoms with Gasteiger partial charge in [0.05, 0.1) is 18.2 Å². The molecule has 0 spiro atoms. The molecule has 0 amide bonds. The number of benzene rings is 3. The summed E-state index contributed by atoms with van der Waals surface area (Å²) in [6.45, 7) is 0. The molecular formula is C22H15N3O3. The molecule has 0 aliphatic heterocycles. The number of rotatable bonds is 3. The van der Waals surface area contributed by atoms with Crippen molar-refractivity contribution in [3.05, 3.63) is 66.7 Å². The van der Waals surface area contributed by atoms with Gasteiger partial charge in [0.15, 0.2) is 11.6 Å². The van der Waals surface area contributed by atoms with Crippen LogP contribution in [0.1, 0.15) is 0 Å². The van der Waals surface area contributed by atoms with Gasteiger partial charge < -0.3 is 14.3 Å². The van der Waals surface area contributed by atoms with Crippen LogP contribution in [0.5, 0.6) is 11.8 Å². The number of hydrogen-bond acceptors (Lipinski definition) is 6. The fourth-order valence-electron chi connectivity index (χ4n) is 3.27. The number of furan rings is 1. The lowest BCUT2D eigenvalue weighted by atomic mass is 10.1. The van der Waals surface area contributed by atoms with Gasteiger partial charge in [0.25, 0.3) is 0 Å². The average Bonchev–Trinajstić information content (AvgIpc) is 3.12. The van der Waals surface area contributed by atoms with Crippen molar-refractivity contribution >= 4 is 21.9 Å². The summed E-state index contributed by atoms with van der Waals surface area (Å²) >= 11 is 0. The number of aromatic nitrogens is 3. The van der Waals surface area contributed by atoms with Gasteiger partial charge in [-0.25, -0.2) is 4.98 Å². The van der Waals surface area contributed by atoms with Gasteiger partial charge in [-0.1, -0.05) is 42.5 Å². The van der Waals surface area contributed by atoms with Crippen LogP contribution < -0.4 is 4.74 Å². The zero-order valence-corrected chi connectivity index (χ0v) is 15.0. The van der Waals surface area contributed by atoms with Crippen LogP contribution in [0, 0.1) is 0 Å². The van der Waals surface area contributed by atoms with E-state index in [-0.39, 0.29) is 11.8 Å². The maximum absolute atomic E-state index is 10.2. The molecule has 2 heterocycles. The van der Waals surface area contributed by atoms with Crippen LogP contribution >= 0.6 is 0 Å². The topological polar surface area (TPSA) is 81.3 Å². The van der Waals surface area contributed by atoms with Crippen LogP contribution in [-0.4, -0.2) is 27.2 Å². The molecule has 2 aromatic heterocycles. The van der Waals surface area contributed by atoms with Crippen LogP contribution in [0.15, 0.2) is 71.1 Å². The number of methoxy groups -OCH3 is 1. The van der Waals surface area contributed by atoms with E-state index >= 15 is 0 Å². The Morgan fingerprint density at radius 2 is 1.43 bits per heavy atom. The van der Waals surface area contributed by atoms with E-state index in [9.17, 15) is 5.11 Å². The minimum atomic E-state index is 0.0867. The minimum Gasteiger partial charge on any atom is -0.507 e. The molecule has 0 saturated heterocycles. The molecule has 0 atom stereocenters. The highest BCUT2D eigenvalue weighted by molar-refractivity contribution is 6.09. The van der Waals surface area contributed by atoms with Crippen molar-refractivity contribution in [2.75, 3.05) is 7.11 Å². The van der Waals surface area contributed by atoms with Gasteiger partial charge in [-0.15, -0.1) is 0 Å². The molecule has 5 rings (SSSR count). The maximum atomic E-state index is 10.2. The standard InChI is InChI=1S/C22H15N3O3/c1-27-22-24-20(15-8-2-4-11-17(15)26)23-21(25-22)16-10-6-9-14-13-7-3-5-12-18(13)28-19(14)16/h2-12,26H,1H3. The third-order valence-electron chi connectivity index (χ3n) is 4.59. The smallest absolute Gasteiger partial charge is 0.320 e. The molecule has 0 unspecified atom stereocenters. The molecule has 0 radical (unpaired) electrons. The normalized spacial score (nSPS) is 11.2. The molecule has 0 aliphatic rings. The number of ether oxygens (including phenoxy) is 1. The first-order valence-corrected chi connectivity index (χ1v) is 8.73. The van der Waals surface area contributed by atoms with Crippen molar-refractivity contribution in [3.63, 3.8) is 0 Å². The third-order valence-corrected chi connectivity index (χ3v) is 4.59. The Kier molecular flexibility index (Phi) is 3.69. The van der Waals surface area contributed by atoms with Crippen LogP contribution in [0.4, 0.5) is 0 Å². The zero-order chi connectivity index (χ0) is 19.1. The van der Waals surface area contributed by atoms with E-state index in [1.165, 1.54) is 7.11 Å². The first-order valence-electron chi connectivity index (χ1n) is 8.73. The first-order chi connectivity index (χ1) is 13.7. The zero-order valence-electron chi connectivity index (χ0n) is 15.0. The van der Waals surface area contributed by atoms with Gasteiger partial charge in [-0.3, -0.25) is 0 Å². The number of para-hydroxylation sites is 3. The van der Waals surface area contributed by atoms with E-state index in [1.54, 1.807) is 18.2 Å². The lowest BCUT2D eigenvalue weighted by Crippen LogP contribution is -2.00. The number of fused-ring (bicyclic) bond motifs is 3. The SMILES string of the molecule is COc1nc(-c2ccccc2O)nc(-c2cccc3c2oc2ccccc23)n1. The third kappa shape index (κ3) is 2.54. The van der Waals surface area contributed by atoms with Gasteiger partial charge in [0.2, 0.25) is 0 Å². The minimum absolute atomic E-state index is 0.0867. The van der Waals surface area contributed by atoms with E-state index in [2.05, 4.69) is 15.0 Å². The van der Waals surface area contributed by atoms with Gasteiger partial charge in [0, 0.05) is 10.8 Å².